The Labute approximate surface area is 122 Å². The van der Waals surface area contributed by atoms with Gasteiger partial charge in [0.2, 0.25) is 5.91 Å². The molecule has 2 rings (SSSR count). The van der Waals surface area contributed by atoms with Gasteiger partial charge >= 0.3 is 0 Å². The molecule has 1 aliphatic rings. The Hall–Kier alpha value is -1.35. The summed E-state index contributed by atoms with van der Waals surface area (Å²) in [6.45, 7) is 11.3. The van der Waals surface area contributed by atoms with Crippen molar-refractivity contribution in [1.82, 2.24) is 10.2 Å². The van der Waals surface area contributed by atoms with Crippen molar-refractivity contribution in [2.24, 2.45) is 5.92 Å². The normalized spacial score (nSPS) is 26.6. The van der Waals surface area contributed by atoms with Crippen LogP contribution in [0.25, 0.3) is 0 Å². The third-order valence-electron chi connectivity index (χ3n) is 4.25. The van der Waals surface area contributed by atoms with E-state index in [-0.39, 0.29) is 12.1 Å². The largest absolute Gasteiger partial charge is 0.321 e. The van der Waals surface area contributed by atoms with Crippen molar-refractivity contribution in [3.05, 3.63) is 35.4 Å². The fraction of sp³-hybridized carbons (Fsp3) is 0.588. The van der Waals surface area contributed by atoms with Gasteiger partial charge in [-0.15, -0.1) is 0 Å². The molecule has 1 heterocycles. The molecule has 0 radical (unpaired) electrons. The average molecular weight is 274 g/mol. The van der Waals surface area contributed by atoms with E-state index in [0.29, 0.717) is 5.92 Å². The van der Waals surface area contributed by atoms with Crippen LogP contribution in [0.1, 0.15) is 51.4 Å². The number of rotatable bonds is 4. The molecule has 20 heavy (non-hydrogen) atoms. The highest BCUT2D eigenvalue weighted by atomic mass is 16.2. The number of hydrogen-bond donors (Lipinski definition) is 1. The molecule has 1 aromatic carbocycles. The Morgan fingerprint density at radius 1 is 1.35 bits per heavy atom. The highest BCUT2D eigenvalue weighted by Crippen LogP contribution is 2.34. The number of carbonyl (C=O) groups is 1. The van der Waals surface area contributed by atoms with Gasteiger partial charge in [0.05, 0.1) is 5.54 Å². The lowest BCUT2D eigenvalue weighted by molar-refractivity contribution is -0.133. The van der Waals surface area contributed by atoms with Crippen LogP contribution in [0.4, 0.5) is 0 Å². The van der Waals surface area contributed by atoms with Crippen LogP contribution in [0.3, 0.4) is 0 Å². The van der Waals surface area contributed by atoms with E-state index in [4.69, 9.17) is 0 Å². The van der Waals surface area contributed by atoms with Gasteiger partial charge in [-0.05, 0) is 37.3 Å². The maximum absolute atomic E-state index is 12.8. The van der Waals surface area contributed by atoms with Gasteiger partial charge in [0.1, 0.15) is 6.17 Å². The summed E-state index contributed by atoms with van der Waals surface area (Å²) in [4.78, 5) is 14.8. The molecule has 1 aromatic rings. The summed E-state index contributed by atoms with van der Waals surface area (Å²) in [7, 11) is 0. The SMILES string of the molecule is CCC1(C)NC(c2ccccc2C)N(CC(C)C)C1=O. The van der Waals surface area contributed by atoms with Crippen LogP contribution in [0.5, 0.6) is 0 Å². The van der Waals surface area contributed by atoms with E-state index in [1.807, 2.05) is 24.0 Å². The Morgan fingerprint density at radius 3 is 2.55 bits per heavy atom. The molecule has 0 aromatic heterocycles. The highest BCUT2D eigenvalue weighted by molar-refractivity contribution is 5.88. The number of aryl methyl sites for hydroxylation is 1. The minimum atomic E-state index is -0.443. The third kappa shape index (κ3) is 2.59. The predicted octanol–water partition coefficient (Wildman–Crippen LogP) is 3.25. The summed E-state index contributed by atoms with van der Waals surface area (Å²) in [6, 6.07) is 8.32. The second kappa shape index (κ2) is 5.57. The van der Waals surface area contributed by atoms with Gasteiger partial charge in [0.25, 0.3) is 0 Å². The number of carbonyl (C=O) groups excluding carboxylic acids is 1. The van der Waals surface area contributed by atoms with Crippen molar-refractivity contribution in [2.75, 3.05) is 6.54 Å². The summed E-state index contributed by atoms with van der Waals surface area (Å²) < 4.78 is 0. The molecule has 1 aliphatic heterocycles. The van der Waals surface area contributed by atoms with Crippen LogP contribution in [0, 0.1) is 12.8 Å². The van der Waals surface area contributed by atoms with Crippen LogP contribution in [-0.2, 0) is 4.79 Å². The number of benzene rings is 1. The second-order valence-electron chi connectivity index (χ2n) is 6.44. The van der Waals surface area contributed by atoms with Crippen molar-refractivity contribution in [3.63, 3.8) is 0 Å². The van der Waals surface area contributed by atoms with Crippen LogP contribution in [-0.4, -0.2) is 22.9 Å². The lowest BCUT2D eigenvalue weighted by Crippen LogP contribution is -2.43. The zero-order valence-electron chi connectivity index (χ0n) is 13.2. The molecule has 0 spiro atoms. The van der Waals surface area contributed by atoms with Gasteiger partial charge in [-0.3, -0.25) is 10.1 Å². The molecule has 0 bridgehead atoms. The molecule has 2 atom stereocenters. The third-order valence-corrected chi connectivity index (χ3v) is 4.25. The van der Waals surface area contributed by atoms with Crippen LogP contribution >= 0.6 is 0 Å². The minimum absolute atomic E-state index is 0.00366. The first kappa shape index (κ1) is 15.0. The standard InChI is InChI=1S/C17H26N2O/c1-6-17(5)16(20)19(11-12(2)3)15(18-17)14-10-8-7-9-13(14)4/h7-10,12,15,18H,6,11H2,1-5H3. The zero-order valence-corrected chi connectivity index (χ0v) is 13.2. The molecule has 1 amide bonds. The van der Waals surface area contributed by atoms with E-state index < -0.39 is 5.54 Å². The molecule has 3 nitrogen and oxygen atoms in total. The van der Waals surface area contributed by atoms with Crippen molar-refractivity contribution in [3.8, 4) is 0 Å². The van der Waals surface area contributed by atoms with Gasteiger partial charge in [-0.25, -0.2) is 0 Å². The molecule has 1 saturated heterocycles. The zero-order chi connectivity index (χ0) is 14.9. The van der Waals surface area contributed by atoms with Gasteiger partial charge < -0.3 is 4.90 Å². The van der Waals surface area contributed by atoms with Gasteiger partial charge in [0, 0.05) is 6.54 Å². The van der Waals surface area contributed by atoms with Crippen molar-refractivity contribution in [1.29, 1.82) is 0 Å². The molecular formula is C17H26N2O. The quantitative estimate of drug-likeness (QED) is 0.914. The fourth-order valence-electron chi connectivity index (χ4n) is 2.85. The maximum Gasteiger partial charge on any atom is 0.244 e. The summed E-state index contributed by atoms with van der Waals surface area (Å²) >= 11 is 0. The lowest BCUT2D eigenvalue weighted by Gasteiger charge is -2.27. The Morgan fingerprint density at radius 2 is 2.00 bits per heavy atom. The van der Waals surface area contributed by atoms with Crippen LogP contribution in [0.2, 0.25) is 0 Å². The van der Waals surface area contributed by atoms with Gasteiger partial charge in [-0.1, -0.05) is 45.0 Å². The van der Waals surface area contributed by atoms with E-state index in [1.54, 1.807) is 0 Å². The second-order valence-corrected chi connectivity index (χ2v) is 6.44. The lowest BCUT2D eigenvalue weighted by atomic mass is 9.99. The molecule has 2 unspecified atom stereocenters. The Kier molecular flexibility index (Phi) is 4.19. The van der Waals surface area contributed by atoms with E-state index in [0.717, 1.165) is 13.0 Å². The minimum Gasteiger partial charge on any atom is -0.321 e. The first-order chi connectivity index (χ1) is 9.39. The number of nitrogens with zero attached hydrogens (tertiary/aromatic N) is 1. The Balaban J connectivity index is 2.39. The molecule has 0 saturated carbocycles. The van der Waals surface area contributed by atoms with Crippen molar-refractivity contribution >= 4 is 5.91 Å². The Bertz CT molecular complexity index is 498. The number of amides is 1. The summed E-state index contributed by atoms with van der Waals surface area (Å²) in [6.07, 6.45) is 0.805. The molecule has 3 heteroatoms. The topological polar surface area (TPSA) is 32.3 Å². The van der Waals surface area contributed by atoms with Crippen molar-refractivity contribution < 1.29 is 4.79 Å². The maximum atomic E-state index is 12.8. The van der Waals surface area contributed by atoms with E-state index >= 15 is 0 Å². The molecular weight excluding hydrogens is 248 g/mol. The number of nitrogens with one attached hydrogen (secondary N) is 1. The monoisotopic (exact) mass is 274 g/mol. The molecule has 0 aliphatic carbocycles. The van der Waals surface area contributed by atoms with Crippen molar-refractivity contribution in [2.45, 2.75) is 52.7 Å². The van der Waals surface area contributed by atoms with Crippen LogP contribution in [0.15, 0.2) is 24.3 Å². The summed E-state index contributed by atoms with van der Waals surface area (Å²) in [5.74, 6) is 0.688. The molecule has 110 valence electrons. The first-order valence-electron chi connectivity index (χ1n) is 7.53. The summed E-state index contributed by atoms with van der Waals surface area (Å²) in [5, 5.41) is 3.56. The van der Waals surface area contributed by atoms with Gasteiger partial charge in [-0.2, -0.15) is 0 Å². The van der Waals surface area contributed by atoms with Gasteiger partial charge in [0.15, 0.2) is 0 Å². The average Bonchev–Trinajstić information content (AvgIpc) is 2.65. The van der Waals surface area contributed by atoms with E-state index in [2.05, 4.69) is 45.1 Å². The molecule has 1 fully saturated rings. The summed E-state index contributed by atoms with van der Waals surface area (Å²) in [5.41, 5.74) is 1.99. The first-order valence-corrected chi connectivity index (χ1v) is 7.53. The number of hydrogen-bond acceptors (Lipinski definition) is 2. The van der Waals surface area contributed by atoms with E-state index in [1.165, 1.54) is 11.1 Å². The van der Waals surface area contributed by atoms with E-state index in [9.17, 15) is 4.79 Å². The highest BCUT2D eigenvalue weighted by Gasteiger charge is 2.47. The predicted molar refractivity (Wildman–Crippen MR) is 82.3 cm³/mol. The smallest absolute Gasteiger partial charge is 0.244 e. The fourth-order valence-corrected chi connectivity index (χ4v) is 2.85. The molecule has 1 N–H and O–H groups in total. The van der Waals surface area contributed by atoms with Crippen LogP contribution < -0.4 is 5.32 Å².